The fraction of sp³-hybridized carbons (Fsp3) is 0.588. The van der Waals surface area contributed by atoms with Gasteiger partial charge in [0.15, 0.2) is 0 Å². The van der Waals surface area contributed by atoms with Crippen LogP contribution in [-0.2, 0) is 6.54 Å². The van der Waals surface area contributed by atoms with Gasteiger partial charge < -0.3 is 10.2 Å². The molecule has 0 aromatic heterocycles. The molecule has 0 fully saturated rings. The molecule has 1 rings (SSSR count). The van der Waals surface area contributed by atoms with E-state index >= 15 is 0 Å². The highest BCUT2D eigenvalue weighted by Crippen LogP contribution is 2.21. The van der Waals surface area contributed by atoms with Gasteiger partial charge in [0.2, 0.25) is 0 Å². The van der Waals surface area contributed by atoms with E-state index in [1.165, 1.54) is 5.56 Å². The van der Waals surface area contributed by atoms with E-state index in [-0.39, 0.29) is 0 Å². The van der Waals surface area contributed by atoms with Crippen molar-refractivity contribution in [2.75, 3.05) is 25.0 Å². The molecule has 0 spiro atoms. The number of hydrogen-bond donors (Lipinski definition) is 1. The number of nitrogens with one attached hydrogen (secondary N) is 1. The van der Waals surface area contributed by atoms with Gasteiger partial charge in [-0.05, 0) is 43.0 Å². The molecule has 3 nitrogen and oxygen atoms in total. The first kappa shape index (κ1) is 16.5. The van der Waals surface area contributed by atoms with Gasteiger partial charge in [0, 0.05) is 20.1 Å². The minimum atomic E-state index is 0.681. The SMILES string of the molecule is CCCNCc1ccc(N(C)CCC(C)C)c(C#N)c1. The van der Waals surface area contributed by atoms with Crippen molar-refractivity contribution in [1.82, 2.24) is 5.32 Å². The van der Waals surface area contributed by atoms with Gasteiger partial charge in [-0.3, -0.25) is 0 Å². The normalized spacial score (nSPS) is 10.6. The van der Waals surface area contributed by atoms with E-state index in [4.69, 9.17) is 0 Å². The van der Waals surface area contributed by atoms with Crippen LogP contribution in [0.5, 0.6) is 0 Å². The van der Waals surface area contributed by atoms with E-state index in [2.05, 4.69) is 56.2 Å². The Hall–Kier alpha value is -1.53. The molecule has 0 bridgehead atoms. The van der Waals surface area contributed by atoms with Crippen molar-refractivity contribution >= 4 is 5.69 Å². The first-order valence-corrected chi connectivity index (χ1v) is 7.53. The van der Waals surface area contributed by atoms with Crippen LogP contribution in [0.25, 0.3) is 0 Å². The number of nitriles is 1. The lowest BCUT2D eigenvalue weighted by Gasteiger charge is -2.22. The summed E-state index contributed by atoms with van der Waals surface area (Å²) in [6.07, 6.45) is 2.27. The van der Waals surface area contributed by atoms with Crippen LogP contribution < -0.4 is 10.2 Å². The largest absolute Gasteiger partial charge is 0.374 e. The molecule has 0 unspecified atom stereocenters. The van der Waals surface area contributed by atoms with Gasteiger partial charge in [-0.15, -0.1) is 0 Å². The summed E-state index contributed by atoms with van der Waals surface area (Å²) in [4.78, 5) is 2.18. The molecule has 1 aromatic carbocycles. The first-order valence-electron chi connectivity index (χ1n) is 7.53. The van der Waals surface area contributed by atoms with Crippen molar-refractivity contribution in [3.8, 4) is 6.07 Å². The molecule has 3 heteroatoms. The molecule has 0 heterocycles. The summed E-state index contributed by atoms with van der Waals surface area (Å²) < 4.78 is 0. The second-order valence-corrected chi connectivity index (χ2v) is 5.74. The summed E-state index contributed by atoms with van der Waals surface area (Å²) in [5, 5.41) is 12.7. The standard InChI is InChI=1S/C17H27N3/c1-5-9-19-13-15-6-7-17(16(11-15)12-18)20(4)10-8-14(2)3/h6-7,11,14,19H,5,8-10,13H2,1-4H3. The van der Waals surface area contributed by atoms with E-state index < -0.39 is 0 Å². The fourth-order valence-electron chi connectivity index (χ4n) is 2.10. The summed E-state index contributed by atoms with van der Waals surface area (Å²) in [6, 6.07) is 8.52. The number of anilines is 1. The summed E-state index contributed by atoms with van der Waals surface area (Å²) in [7, 11) is 2.06. The average molecular weight is 273 g/mol. The third-order valence-electron chi connectivity index (χ3n) is 3.39. The predicted octanol–water partition coefficient (Wildman–Crippen LogP) is 3.54. The summed E-state index contributed by atoms with van der Waals surface area (Å²) in [5.74, 6) is 0.681. The minimum absolute atomic E-state index is 0.681. The first-order chi connectivity index (χ1) is 9.58. The molecule has 0 radical (unpaired) electrons. The maximum atomic E-state index is 9.34. The van der Waals surface area contributed by atoms with Gasteiger partial charge in [-0.25, -0.2) is 0 Å². The van der Waals surface area contributed by atoms with E-state index in [9.17, 15) is 5.26 Å². The van der Waals surface area contributed by atoms with Crippen molar-refractivity contribution in [2.24, 2.45) is 5.92 Å². The lowest BCUT2D eigenvalue weighted by molar-refractivity contribution is 0.585. The van der Waals surface area contributed by atoms with Gasteiger partial charge in [0.1, 0.15) is 6.07 Å². The summed E-state index contributed by atoms with van der Waals surface area (Å²) in [6.45, 7) is 9.43. The van der Waals surface area contributed by atoms with Crippen LogP contribution in [0.3, 0.4) is 0 Å². The lowest BCUT2D eigenvalue weighted by atomic mass is 10.1. The molecule has 20 heavy (non-hydrogen) atoms. The Balaban J connectivity index is 2.75. The van der Waals surface area contributed by atoms with Crippen molar-refractivity contribution in [3.63, 3.8) is 0 Å². The predicted molar refractivity (Wildman–Crippen MR) is 85.9 cm³/mol. The Morgan fingerprint density at radius 3 is 2.70 bits per heavy atom. The Kier molecular flexibility index (Phi) is 7.11. The average Bonchev–Trinajstić information content (AvgIpc) is 2.44. The maximum Gasteiger partial charge on any atom is 0.101 e. The van der Waals surface area contributed by atoms with Crippen LogP contribution in [0.1, 0.15) is 44.7 Å². The number of rotatable bonds is 8. The quantitative estimate of drug-likeness (QED) is 0.736. The third kappa shape index (κ3) is 5.22. The summed E-state index contributed by atoms with van der Waals surface area (Å²) in [5.41, 5.74) is 2.98. The summed E-state index contributed by atoms with van der Waals surface area (Å²) >= 11 is 0. The van der Waals surface area contributed by atoms with Crippen molar-refractivity contribution in [3.05, 3.63) is 29.3 Å². The van der Waals surface area contributed by atoms with Gasteiger partial charge in [0.25, 0.3) is 0 Å². The highest BCUT2D eigenvalue weighted by molar-refractivity contribution is 5.60. The van der Waals surface area contributed by atoms with Crippen molar-refractivity contribution < 1.29 is 0 Å². The van der Waals surface area contributed by atoms with E-state index in [1.807, 2.05) is 6.07 Å². The van der Waals surface area contributed by atoms with Crippen LogP contribution in [0.15, 0.2) is 18.2 Å². The molecule has 0 saturated heterocycles. The topological polar surface area (TPSA) is 39.1 Å². The Morgan fingerprint density at radius 2 is 2.10 bits per heavy atom. The van der Waals surface area contributed by atoms with Crippen LogP contribution in [0.2, 0.25) is 0 Å². The minimum Gasteiger partial charge on any atom is -0.374 e. The van der Waals surface area contributed by atoms with Gasteiger partial charge in [0.05, 0.1) is 11.3 Å². The molecular formula is C17H27N3. The highest BCUT2D eigenvalue weighted by atomic mass is 15.1. The second-order valence-electron chi connectivity index (χ2n) is 5.74. The van der Waals surface area contributed by atoms with Crippen LogP contribution in [0.4, 0.5) is 5.69 Å². The monoisotopic (exact) mass is 273 g/mol. The Bertz CT molecular complexity index is 446. The zero-order valence-corrected chi connectivity index (χ0v) is 13.2. The number of benzene rings is 1. The Morgan fingerprint density at radius 1 is 1.35 bits per heavy atom. The molecule has 0 aliphatic heterocycles. The molecular weight excluding hydrogens is 246 g/mol. The molecule has 0 atom stereocenters. The van der Waals surface area contributed by atoms with Gasteiger partial charge in [-0.1, -0.05) is 26.8 Å². The molecule has 110 valence electrons. The van der Waals surface area contributed by atoms with E-state index in [0.29, 0.717) is 5.92 Å². The molecule has 1 aromatic rings. The highest BCUT2D eigenvalue weighted by Gasteiger charge is 2.09. The molecule has 0 amide bonds. The molecule has 0 aliphatic rings. The van der Waals surface area contributed by atoms with Crippen LogP contribution in [-0.4, -0.2) is 20.1 Å². The zero-order valence-electron chi connectivity index (χ0n) is 13.2. The van der Waals surface area contributed by atoms with Crippen molar-refractivity contribution in [1.29, 1.82) is 5.26 Å². The molecule has 0 saturated carbocycles. The zero-order chi connectivity index (χ0) is 15.0. The number of hydrogen-bond acceptors (Lipinski definition) is 3. The second kappa shape index (κ2) is 8.60. The van der Waals surface area contributed by atoms with E-state index in [0.717, 1.165) is 43.7 Å². The Labute approximate surface area is 123 Å². The molecule has 1 N–H and O–H groups in total. The van der Waals surface area contributed by atoms with Crippen molar-refractivity contribution in [2.45, 2.75) is 40.2 Å². The molecule has 0 aliphatic carbocycles. The number of nitrogens with zero attached hydrogens (tertiary/aromatic N) is 2. The fourth-order valence-corrected chi connectivity index (χ4v) is 2.10. The lowest BCUT2D eigenvalue weighted by Crippen LogP contribution is -2.21. The van der Waals surface area contributed by atoms with Crippen LogP contribution in [0, 0.1) is 17.2 Å². The smallest absolute Gasteiger partial charge is 0.101 e. The van der Waals surface area contributed by atoms with Gasteiger partial charge in [-0.2, -0.15) is 5.26 Å². The maximum absolute atomic E-state index is 9.34. The van der Waals surface area contributed by atoms with E-state index in [1.54, 1.807) is 0 Å². The third-order valence-corrected chi connectivity index (χ3v) is 3.39. The van der Waals surface area contributed by atoms with Gasteiger partial charge >= 0.3 is 0 Å². The van der Waals surface area contributed by atoms with Crippen LogP contribution >= 0.6 is 0 Å².